The molecule has 0 saturated carbocycles. The Morgan fingerprint density at radius 2 is 1.86 bits per heavy atom. The molecule has 1 unspecified atom stereocenters. The summed E-state index contributed by atoms with van der Waals surface area (Å²) in [5, 5.41) is 0.101. The summed E-state index contributed by atoms with van der Waals surface area (Å²) in [4.78, 5) is 28.6. The zero-order chi connectivity index (χ0) is 25.8. The predicted octanol–water partition coefficient (Wildman–Crippen LogP) is 5.34. The number of halogens is 1. The average molecular weight is 498 g/mol. The molecule has 1 atom stereocenters. The summed E-state index contributed by atoms with van der Waals surface area (Å²) in [7, 11) is 1.59. The quantitative estimate of drug-likeness (QED) is 0.333. The van der Waals surface area contributed by atoms with Crippen molar-refractivity contribution >= 4 is 16.9 Å². The summed E-state index contributed by atoms with van der Waals surface area (Å²) in [6, 6.07) is 8.46. The molecular formula is C28H32FNO6. The lowest BCUT2D eigenvalue weighted by molar-refractivity contribution is 0.0707. The van der Waals surface area contributed by atoms with Gasteiger partial charge in [-0.05, 0) is 61.6 Å². The van der Waals surface area contributed by atoms with E-state index in [0.717, 1.165) is 12.5 Å². The normalized spacial score (nSPS) is 15.1. The number of rotatable bonds is 11. The van der Waals surface area contributed by atoms with E-state index < -0.39 is 17.3 Å². The predicted molar refractivity (Wildman–Crippen MR) is 134 cm³/mol. The molecule has 0 fully saturated rings. The molecule has 1 aromatic heterocycles. The summed E-state index contributed by atoms with van der Waals surface area (Å²) in [5.74, 6) is 0.688. The molecule has 7 nitrogen and oxygen atoms in total. The van der Waals surface area contributed by atoms with Crippen molar-refractivity contribution in [3.63, 3.8) is 0 Å². The Labute approximate surface area is 209 Å². The molecule has 1 aliphatic heterocycles. The average Bonchev–Trinajstić information content (AvgIpc) is 3.12. The number of hydrogen-bond donors (Lipinski definition) is 0. The van der Waals surface area contributed by atoms with Crippen molar-refractivity contribution in [1.82, 2.24) is 4.90 Å². The molecule has 1 aliphatic rings. The first-order chi connectivity index (χ1) is 17.3. The zero-order valence-electron chi connectivity index (χ0n) is 21.1. The number of benzene rings is 2. The molecule has 36 heavy (non-hydrogen) atoms. The lowest BCUT2D eigenvalue weighted by Gasteiger charge is -2.26. The van der Waals surface area contributed by atoms with Crippen LogP contribution in [0.25, 0.3) is 11.0 Å². The highest BCUT2D eigenvalue weighted by atomic mass is 19.1. The van der Waals surface area contributed by atoms with Crippen LogP contribution in [0.5, 0.6) is 11.5 Å². The highest BCUT2D eigenvalue weighted by molar-refractivity contribution is 5.99. The molecule has 0 saturated heterocycles. The van der Waals surface area contributed by atoms with Crippen LogP contribution >= 0.6 is 0 Å². The van der Waals surface area contributed by atoms with Gasteiger partial charge in [-0.3, -0.25) is 9.59 Å². The van der Waals surface area contributed by atoms with Gasteiger partial charge in [-0.2, -0.15) is 0 Å². The van der Waals surface area contributed by atoms with Crippen molar-refractivity contribution in [1.29, 1.82) is 0 Å². The molecule has 2 aromatic carbocycles. The van der Waals surface area contributed by atoms with Crippen molar-refractivity contribution in [2.24, 2.45) is 5.92 Å². The Bertz CT molecular complexity index is 1300. The Hall–Kier alpha value is -3.39. The van der Waals surface area contributed by atoms with E-state index in [1.807, 2.05) is 13.0 Å². The Kier molecular flexibility index (Phi) is 7.94. The van der Waals surface area contributed by atoms with Crippen LogP contribution in [0.3, 0.4) is 0 Å². The number of hydrogen-bond acceptors (Lipinski definition) is 6. The van der Waals surface area contributed by atoms with Crippen molar-refractivity contribution < 1.29 is 27.8 Å². The van der Waals surface area contributed by atoms with Crippen LogP contribution < -0.4 is 14.9 Å². The van der Waals surface area contributed by atoms with Gasteiger partial charge in [0.2, 0.25) is 5.76 Å². The van der Waals surface area contributed by atoms with Gasteiger partial charge in [-0.1, -0.05) is 19.9 Å². The van der Waals surface area contributed by atoms with Crippen LogP contribution in [0.2, 0.25) is 0 Å². The fourth-order valence-electron chi connectivity index (χ4n) is 4.44. The Balaban J connectivity index is 1.82. The molecule has 192 valence electrons. The second kappa shape index (κ2) is 11.1. The molecular weight excluding hydrogens is 465 g/mol. The molecule has 1 amide bonds. The van der Waals surface area contributed by atoms with Crippen molar-refractivity contribution in [2.45, 2.75) is 39.7 Å². The third-order valence-corrected chi connectivity index (χ3v) is 6.21. The van der Waals surface area contributed by atoms with Gasteiger partial charge in [0, 0.05) is 20.3 Å². The molecule has 8 heteroatoms. The van der Waals surface area contributed by atoms with Crippen molar-refractivity contribution in [2.75, 3.05) is 33.5 Å². The largest absolute Gasteiger partial charge is 0.490 e. The number of nitrogens with zero attached hydrogens (tertiary/aromatic N) is 1. The lowest BCUT2D eigenvalue weighted by Crippen LogP contribution is -2.31. The third kappa shape index (κ3) is 5.09. The van der Waals surface area contributed by atoms with Gasteiger partial charge >= 0.3 is 0 Å². The first-order valence-corrected chi connectivity index (χ1v) is 12.3. The van der Waals surface area contributed by atoms with Gasteiger partial charge in [0.1, 0.15) is 11.4 Å². The number of fused-ring (bicyclic) bond motifs is 2. The van der Waals surface area contributed by atoms with E-state index in [2.05, 4.69) is 13.8 Å². The highest BCUT2D eigenvalue weighted by Gasteiger charge is 2.42. The number of amides is 1. The second-order valence-electron chi connectivity index (χ2n) is 9.23. The van der Waals surface area contributed by atoms with Crippen LogP contribution in [0.4, 0.5) is 4.39 Å². The first kappa shape index (κ1) is 25.7. The van der Waals surface area contributed by atoms with E-state index >= 15 is 0 Å². The van der Waals surface area contributed by atoms with Crippen LogP contribution in [-0.4, -0.2) is 44.3 Å². The van der Waals surface area contributed by atoms with E-state index in [1.54, 1.807) is 24.1 Å². The number of carbonyl (C=O) groups is 1. The standard InChI is InChI=1S/C28H32FNO6/c1-5-34-23-15-18(7-9-22(23)35-14-11-17(2)3)25-24-26(31)20-16-19(29)8-10-21(20)36-27(24)28(32)30(25)12-6-13-33-4/h7-10,15-17,25H,5-6,11-14H2,1-4H3. The first-order valence-electron chi connectivity index (χ1n) is 12.3. The van der Waals surface area contributed by atoms with E-state index in [9.17, 15) is 14.0 Å². The fraction of sp³-hybridized carbons (Fsp3) is 0.429. The molecule has 0 aliphatic carbocycles. The Morgan fingerprint density at radius 1 is 1.06 bits per heavy atom. The molecule has 0 bridgehead atoms. The number of methoxy groups -OCH3 is 1. The lowest BCUT2D eigenvalue weighted by atomic mass is 9.98. The summed E-state index contributed by atoms with van der Waals surface area (Å²) in [5.41, 5.74) is 0.636. The molecule has 0 N–H and O–H groups in total. The number of carbonyl (C=O) groups excluding carboxylic acids is 1. The molecule has 0 radical (unpaired) electrons. The molecule has 2 heterocycles. The number of ether oxygens (including phenoxy) is 3. The summed E-state index contributed by atoms with van der Waals surface area (Å²) >= 11 is 0. The summed E-state index contributed by atoms with van der Waals surface area (Å²) < 4.78 is 36.9. The van der Waals surface area contributed by atoms with Crippen LogP contribution in [0, 0.1) is 11.7 Å². The van der Waals surface area contributed by atoms with Gasteiger partial charge in [0.15, 0.2) is 16.9 Å². The highest BCUT2D eigenvalue weighted by Crippen LogP contribution is 2.41. The molecule has 3 aromatic rings. The SMILES string of the molecule is CCOc1cc(C2c3c(oc4ccc(F)cc4c3=O)C(=O)N2CCCOC)ccc1OCCC(C)C. The van der Waals surface area contributed by atoms with Gasteiger partial charge in [0.05, 0.1) is 30.2 Å². The molecule has 4 rings (SSSR count). The van der Waals surface area contributed by atoms with E-state index in [0.29, 0.717) is 55.8 Å². The molecule has 0 spiro atoms. The van der Waals surface area contributed by atoms with Crippen molar-refractivity contribution in [3.05, 3.63) is 69.3 Å². The minimum Gasteiger partial charge on any atom is -0.490 e. The van der Waals surface area contributed by atoms with E-state index in [-0.39, 0.29) is 28.2 Å². The van der Waals surface area contributed by atoms with Crippen LogP contribution in [0.1, 0.15) is 61.3 Å². The topological polar surface area (TPSA) is 78.2 Å². The maximum atomic E-state index is 14.0. The maximum absolute atomic E-state index is 14.0. The zero-order valence-corrected chi connectivity index (χ0v) is 21.1. The van der Waals surface area contributed by atoms with Crippen LogP contribution in [0.15, 0.2) is 45.6 Å². The van der Waals surface area contributed by atoms with Gasteiger partial charge < -0.3 is 23.5 Å². The van der Waals surface area contributed by atoms with Gasteiger partial charge in [-0.25, -0.2) is 4.39 Å². The minimum atomic E-state index is -0.711. The van der Waals surface area contributed by atoms with Gasteiger partial charge in [0.25, 0.3) is 5.91 Å². The monoisotopic (exact) mass is 497 g/mol. The van der Waals surface area contributed by atoms with Crippen molar-refractivity contribution in [3.8, 4) is 11.5 Å². The summed E-state index contributed by atoms with van der Waals surface area (Å²) in [6.07, 6.45) is 1.47. The van der Waals surface area contributed by atoms with Gasteiger partial charge in [-0.15, -0.1) is 0 Å². The maximum Gasteiger partial charge on any atom is 0.290 e. The van der Waals surface area contributed by atoms with E-state index in [4.69, 9.17) is 18.6 Å². The summed E-state index contributed by atoms with van der Waals surface area (Å²) in [6.45, 7) is 7.91. The smallest absolute Gasteiger partial charge is 0.290 e. The van der Waals surface area contributed by atoms with Crippen LogP contribution in [-0.2, 0) is 4.74 Å². The second-order valence-corrected chi connectivity index (χ2v) is 9.23. The van der Waals surface area contributed by atoms with E-state index in [1.165, 1.54) is 12.1 Å². The third-order valence-electron chi connectivity index (χ3n) is 6.21. The fourth-order valence-corrected chi connectivity index (χ4v) is 4.44. The Morgan fingerprint density at radius 3 is 2.58 bits per heavy atom. The minimum absolute atomic E-state index is 0.0169.